The number of unbranched alkanes of at least 4 members (excludes halogenated alkanes) is 7. The third-order valence-electron chi connectivity index (χ3n) is 4.76. The lowest BCUT2D eigenvalue weighted by Crippen LogP contribution is -2.00. The third kappa shape index (κ3) is 7.46. The maximum Gasteiger partial charge on any atom is 0.337 e. The van der Waals surface area contributed by atoms with E-state index >= 15 is 0 Å². The lowest BCUT2D eigenvalue weighted by Gasteiger charge is -2.08. The van der Waals surface area contributed by atoms with Crippen molar-refractivity contribution in [2.75, 3.05) is 13.7 Å². The Bertz CT molecular complexity index is 659. The fourth-order valence-corrected chi connectivity index (χ4v) is 3.09. The van der Waals surface area contributed by atoms with Crippen LogP contribution < -0.4 is 4.74 Å². The summed E-state index contributed by atoms with van der Waals surface area (Å²) in [6.07, 6.45) is 10.5. The molecule has 0 unspecified atom stereocenters. The minimum Gasteiger partial charge on any atom is -0.494 e. The van der Waals surface area contributed by atoms with Crippen LogP contribution in [0.5, 0.6) is 5.75 Å². The maximum atomic E-state index is 11.5. The molecule has 0 spiro atoms. The molecule has 0 saturated carbocycles. The van der Waals surface area contributed by atoms with E-state index in [4.69, 9.17) is 9.47 Å². The van der Waals surface area contributed by atoms with Crippen molar-refractivity contribution in [1.82, 2.24) is 0 Å². The highest BCUT2D eigenvalue weighted by Crippen LogP contribution is 2.23. The number of methoxy groups -OCH3 is 1. The van der Waals surface area contributed by atoms with Crippen LogP contribution in [0.3, 0.4) is 0 Å². The van der Waals surface area contributed by atoms with Gasteiger partial charge in [-0.1, -0.05) is 76.1 Å². The van der Waals surface area contributed by atoms with E-state index in [1.54, 1.807) is 12.1 Å². The van der Waals surface area contributed by atoms with Crippen LogP contribution in [0.2, 0.25) is 0 Å². The van der Waals surface area contributed by atoms with Gasteiger partial charge in [0.15, 0.2) is 0 Å². The molecule has 2 aromatic carbocycles. The minimum absolute atomic E-state index is 0.314. The van der Waals surface area contributed by atoms with Crippen molar-refractivity contribution in [1.29, 1.82) is 0 Å². The van der Waals surface area contributed by atoms with Gasteiger partial charge in [0, 0.05) is 0 Å². The van der Waals surface area contributed by atoms with Crippen molar-refractivity contribution >= 4 is 5.97 Å². The molecule has 0 aromatic heterocycles. The van der Waals surface area contributed by atoms with Crippen molar-refractivity contribution in [2.45, 2.75) is 58.3 Å². The minimum atomic E-state index is -0.314. The first-order valence-corrected chi connectivity index (χ1v) is 10.2. The molecule has 27 heavy (non-hydrogen) atoms. The molecule has 0 saturated heterocycles. The fraction of sp³-hybridized carbons (Fsp3) is 0.458. The van der Waals surface area contributed by atoms with E-state index in [2.05, 4.69) is 19.1 Å². The third-order valence-corrected chi connectivity index (χ3v) is 4.76. The van der Waals surface area contributed by atoms with E-state index in [-0.39, 0.29) is 5.97 Å². The summed E-state index contributed by atoms with van der Waals surface area (Å²) in [5.74, 6) is 0.596. The van der Waals surface area contributed by atoms with Crippen LogP contribution in [0.15, 0.2) is 48.5 Å². The van der Waals surface area contributed by atoms with Gasteiger partial charge in [0.05, 0.1) is 19.3 Å². The highest BCUT2D eigenvalue weighted by molar-refractivity contribution is 5.89. The molecule has 0 fully saturated rings. The van der Waals surface area contributed by atoms with Crippen molar-refractivity contribution in [3.05, 3.63) is 54.1 Å². The first-order chi connectivity index (χ1) is 13.2. The fourth-order valence-electron chi connectivity index (χ4n) is 3.09. The first kappa shape index (κ1) is 21.0. The SMILES string of the molecule is CCCCCCCCCCOc1ccc(-c2ccc(C(=O)OC)cc2)cc1. The molecule has 2 aromatic rings. The molecule has 0 amide bonds. The van der Waals surface area contributed by atoms with Crippen LogP contribution in [0.25, 0.3) is 11.1 Å². The topological polar surface area (TPSA) is 35.5 Å². The summed E-state index contributed by atoms with van der Waals surface area (Å²) in [7, 11) is 1.39. The molecule has 146 valence electrons. The van der Waals surface area contributed by atoms with Gasteiger partial charge in [0.1, 0.15) is 5.75 Å². The molecular weight excluding hydrogens is 336 g/mol. The van der Waals surface area contributed by atoms with Gasteiger partial charge in [-0.25, -0.2) is 4.79 Å². The largest absolute Gasteiger partial charge is 0.494 e. The molecule has 3 nitrogen and oxygen atoms in total. The van der Waals surface area contributed by atoms with Gasteiger partial charge in [-0.2, -0.15) is 0 Å². The van der Waals surface area contributed by atoms with Crippen LogP contribution >= 0.6 is 0 Å². The van der Waals surface area contributed by atoms with Crippen LogP contribution in [0.4, 0.5) is 0 Å². The Labute approximate surface area is 163 Å². The molecule has 0 heterocycles. The van der Waals surface area contributed by atoms with Crippen molar-refractivity contribution in [3.8, 4) is 16.9 Å². The van der Waals surface area contributed by atoms with E-state index in [1.165, 1.54) is 52.1 Å². The number of hydrogen-bond donors (Lipinski definition) is 0. The van der Waals surface area contributed by atoms with Gasteiger partial charge in [-0.3, -0.25) is 0 Å². The second-order valence-electron chi connectivity index (χ2n) is 6.92. The Morgan fingerprint density at radius 2 is 1.26 bits per heavy atom. The van der Waals surface area contributed by atoms with Gasteiger partial charge < -0.3 is 9.47 Å². The van der Waals surface area contributed by atoms with Crippen LogP contribution in [0, 0.1) is 0 Å². The number of carbonyl (C=O) groups excluding carboxylic acids is 1. The first-order valence-electron chi connectivity index (χ1n) is 10.2. The monoisotopic (exact) mass is 368 g/mol. The molecule has 3 heteroatoms. The van der Waals surface area contributed by atoms with Crippen LogP contribution in [-0.4, -0.2) is 19.7 Å². The van der Waals surface area contributed by atoms with E-state index in [0.29, 0.717) is 5.56 Å². The van der Waals surface area contributed by atoms with E-state index in [0.717, 1.165) is 29.9 Å². The average molecular weight is 369 g/mol. The zero-order valence-electron chi connectivity index (χ0n) is 16.7. The zero-order valence-corrected chi connectivity index (χ0v) is 16.7. The van der Waals surface area contributed by atoms with Gasteiger partial charge in [0.25, 0.3) is 0 Å². The summed E-state index contributed by atoms with van der Waals surface area (Å²) < 4.78 is 10.6. The number of esters is 1. The Morgan fingerprint density at radius 1 is 0.741 bits per heavy atom. The van der Waals surface area contributed by atoms with E-state index < -0.39 is 0 Å². The van der Waals surface area contributed by atoms with Crippen LogP contribution in [-0.2, 0) is 4.74 Å². The summed E-state index contributed by atoms with van der Waals surface area (Å²) in [6, 6.07) is 15.6. The molecule has 0 atom stereocenters. The van der Waals surface area contributed by atoms with E-state index in [1.807, 2.05) is 24.3 Å². The maximum absolute atomic E-state index is 11.5. The van der Waals surface area contributed by atoms with Gasteiger partial charge in [0.2, 0.25) is 0 Å². The molecule has 0 aliphatic rings. The van der Waals surface area contributed by atoms with Gasteiger partial charge in [-0.15, -0.1) is 0 Å². The Morgan fingerprint density at radius 3 is 1.81 bits per heavy atom. The summed E-state index contributed by atoms with van der Waals surface area (Å²) in [4.78, 5) is 11.5. The smallest absolute Gasteiger partial charge is 0.337 e. The average Bonchev–Trinajstić information content (AvgIpc) is 2.72. The standard InChI is InChI=1S/C24H32O3/c1-3-4-5-6-7-8-9-10-19-27-23-17-15-21(16-18-23)20-11-13-22(14-12-20)24(25)26-2/h11-18H,3-10,19H2,1-2H3. The van der Waals surface area contributed by atoms with Gasteiger partial charge >= 0.3 is 5.97 Å². The second-order valence-corrected chi connectivity index (χ2v) is 6.92. The highest BCUT2D eigenvalue weighted by Gasteiger charge is 2.05. The summed E-state index contributed by atoms with van der Waals surface area (Å²) >= 11 is 0. The predicted octanol–water partition coefficient (Wildman–Crippen LogP) is 6.66. The quantitative estimate of drug-likeness (QED) is 0.310. The molecular formula is C24H32O3. The Kier molecular flexibility index (Phi) is 9.47. The predicted molar refractivity (Wildman–Crippen MR) is 111 cm³/mol. The van der Waals surface area contributed by atoms with Crippen molar-refractivity contribution in [3.63, 3.8) is 0 Å². The molecule has 0 bridgehead atoms. The highest BCUT2D eigenvalue weighted by atomic mass is 16.5. The second kappa shape index (κ2) is 12.2. The molecule has 0 aliphatic carbocycles. The molecule has 0 radical (unpaired) electrons. The zero-order chi connectivity index (χ0) is 19.3. The molecule has 0 N–H and O–H groups in total. The number of ether oxygens (including phenoxy) is 2. The Balaban J connectivity index is 1.70. The normalized spacial score (nSPS) is 10.6. The van der Waals surface area contributed by atoms with Gasteiger partial charge in [-0.05, 0) is 41.8 Å². The molecule has 2 rings (SSSR count). The molecule has 0 aliphatic heterocycles. The lowest BCUT2D eigenvalue weighted by atomic mass is 10.0. The van der Waals surface area contributed by atoms with Crippen LogP contribution in [0.1, 0.15) is 68.6 Å². The number of carbonyl (C=O) groups is 1. The van der Waals surface area contributed by atoms with Crippen molar-refractivity contribution in [2.24, 2.45) is 0 Å². The number of rotatable bonds is 12. The Hall–Kier alpha value is -2.29. The number of hydrogen-bond acceptors (Lipinski definition) is 3. The van der Waals surface area contributed by atoms with Crippen molar-refractivity contribution < 1.29 is 14.3 Å². The number of benzene rings is 2. The summed E-state index contributed by atoms with van der Waals surface area (Å²) in [5.41, 5.74) is 2.73. The summed E-state index contributed by atoms with van der Waals surface area (Å²) in [6.45, 7) is 3.03. The summed E-state index contributed by atoms with van der Waals surface area (Å²) in [5, 5.41) is 0. The van der Waals surface area contributed by atoms with E-state index in [9.17, 15) is 4.79 Å². The lowest BCUT2D eigenvalue weighted by molar-refractivity contribution is 0.0601.